The highest BCUT2D eigenvalue weighted by molar-refractivity contribution is 7.23. The lowest BCUT2D eigenvalue weighted by Gasteiger charge is -2.33. The predicted octanol–water partition coefficient (Wildman–Crippen LogP) is 8.03. The van der Waals surface area contributed by atoms with Gasteiger partial charge in [0, 0.05) is 35.3 Å². The van der Waals surface area contributed by atoms with Crippen molar-refractivity contribution in [3.63, 3.8) is 0 Å². The van der Waals surface area contributed by atoms with Crippen LogP contribution in [0.15, 0.2) is 30.5 Å². The first-order valence-electron chi connectivity index (χ1n) is 17.0. The zero-order chi connectivity index (χ0) is 39.5. The van der Waals surface area contributed by atoms with E-state index in [-0.39, 0.29) is 32.0 Å². The molecule has 0 saturated carbocycles. The quantitative estimate of drug-likeness (QED) is 0.168. The molecule has 6 heterocycles. The Bertz CT molecular complexity index is 2320. The van der Waals surface area contributed by atoms with Gasteiger partial charge in [-0.05, 0) is 50.4 Å². The van der Waals surface area contributed by atoms with E-state index in [0.717, 1.165) is 37.1 Å². The van der Waals surface area contributed by atoms with Crippen molar-refractivity contribution < 1.29 is 44.6 Å². The van der Waals surface area contributed by atoms with Crippen molar-refractivity contribution in [2.24, 2.45) is 0 Å². The van der Waals surface area contributed by atoms with E-state index in [1.807, 2.05) is 0 Å². The van der Waals surface area contributed by atoms with Crippen LogP contribution in [0.3, 0.4) is 0 Å². The highest BCUT2D eigenvalue weighted by Gasteiger charge is 2.46. The van der Waals surface area contributed by atoms with Crippen molar-refractivity contribution in [1.29, 1.82) is 5.26 Å². The van der Waals surface area contributed by atoms with E-state index in [1.54, 1.807) is 6.07 Å². The van der Waals surface area contributed by atoms with Crippen molar-refractivity contribution in [3.05, 3.63) is 58.8 Å². The van der Waals surface area contributed by atoms with E-state index in [1.165, 1.54) is 38.1 Å². The lowest BCUT2D eigenvalue weighted by atomic mass is 9.91. The minimum Gasteiger partial charge on any atom is -0.487 e. The van der Waals surface area contributed by atoms with Gasteiger partial charge >= 0.3 is 12.2 Å². The normalized spacial score (nSPS) is 20.2. The van der Waals surface area contributed by atoms with Crippen molar-refractivity contribution in [2.45, 2.75) is 63.1 Å². The van der Waals surface area contributed by atoms with Gasteiger partial charge in [-0.1, -0.05) is 12.1 Å². The Labute approximate surface area is 312 Å². The molecule has 19 heteroatoms. The molecule has 10 nitrogen and oxygen atoms in total. The standard InChI is InChI=1S/C29H20F7N7O2S.C7H12FN/c1-10-9-43(21(24(32)33)12-4-3-7-40-25(12)38)27-17-20(41-28(42-27)44-2)19(31)16(18(22(17)45-10)29(34,35)36)11-5-6-14(30)23-15(11)13(8-37)26(39)46-23;8-6-4-7-2-1-3-9(7)5-6/h3-7,10,21,24H,9,39H2,1-2H3,(H2,38,40);6-7H,1-5H2. The molecule has 5 aromatic rings. The van der Waals surface area contributed by atoms with E-state index < -0.39 is 94.3 Å². The highest BCUT2D eigenvalue weighted by Crippen LogP contribution is 2.54. The van der Waals surface area contributed by atoms with E-state index in [2.05, 4.69) is 19.9 Å². The fourth-order valence-electron chi connectivity index (χ4n) is 7.71. The predicted molar refractivity (Wildman–Crippen MR) is 190 cm³/mol. The number of aromatic nitrogens is 3. The van der Waals surface area contributed by atoms with Gasteiger partial charge in [-0.3, -0.25) is 4.90 Å². The molecule has 3 aliphatic rings. The van der Waals surface area contributed by atoms with E-state index in [9.17, 15) is 22.8 Å². The molecular formula is C36H32F8N8O2S. The number of benzene rings is 2. The number of nitriles is 1. The molecule has 2 fully saturated rings. The first-order valence-corrected chi connectivity index (χ1v) is 17.8. The third kappa shape index (κ3) is 6.64. The molecule has 3 aromatic heterocycles. The maximum Gasteiger partial charge on any atom is 0.420 e. The number of fused-ring (bicyclic) bond motifs is 2. The third-order valence-corrected chi connectivity index (χ3v) is 11.0. The summed E-state index contributed by atoms with van der Waals surface area (Å²) in [4.78, 5) is 15.2. The summed E-state index contributed by atoms with van der Waals surface area (Å²) in [5.41, 5.74) is 7.23. The molecule has 4 N–H and O–H groups in total. The zero-order valence-corrected chi connectivity index (χ0v) is 29.9. The van der Waals surface area contributed by atoms with Gasteiger partial charge in [0.25, 0.3) is 6.43 Å². The number of halogens is 8. The van der Waals surface area contributed by atoms with E-state index in [4.69, 9.17) is 20.9 Å². The Morgan fingerprint density at radius 2 is 1.87 bits per heavy atom. The molecule has 290 valence electrons. The zero-order valence-electron chi connectivity index (χ0n) is 29.1. The van der Waals surface area contributed by atoms with Gasteiger partial charge in [0.2, 0.25) is 0 Å². The van der Waals surface area contributed by atoms with Crippen molar-refractivity contribution in [1.82, 2.24) is 19.9 Å². The summed E-state index contributed by atoms with van der Waals surface area (Å²) in [5, 5.41) is 8.54. The molecule has 4 atom stereocenters. The number of rotatable bonds is 5. The summed E-state index contributed by atoms with van der Waals surface area (Å²) >= 11 is 0.607. The van der Waals surface area contributed by atoms with Crippen LogP contribution in [0.25, 0.3) is 32.1 Å². The molecule has 0 aliphatic carbocycles. The van der Waals surface area contributed by atoms with Crippen LogP contribution >= 0.6 is 11.3 Å². The van der Waals surface area contributed by atoms with Crippen LogP contribution in [0, 0.1) is 23.0 Å². The Balaban J connectivity index is 0.000000449. The number of methoxy groups -OCH3 is 1. The number of pyridine rings is 1. The van der Waals surface area contributed by atoms with Crippen LogP contribution in [-0.4, -0.2) is 71.3 Å². The van der Waals surface area contributed by atoms with E-state index >= 15 is 17.6 Å². The molecule has 0 radical (unpaired) electrons. The Hall–Kier alpha value is -5.22. The smallest absolute Gasteiger partial charge is 0.420 e. The van der Waals surface area contributed by atoms with Gasteiger partial charge in [-0.15, -0.1) is 11.3 Å². The third-order valence-electron chi connectivity index (χ3n) is 9.93. The van der Waals surface area contributed by atoms with Crippen LogP contribution in [0.2, 0.25) is 0 Å². The maximum atomic E-state index is 16.9. The lowest BCUT2D eigenvalue weighted by molar-refractivity contribution is -0.138. The number of alkyl halides is 6. The molecule has 55 heavy (non-hydrogen) atoms. The van der Waals surface area contributed by atoms with Gasteiger partial charge in [-0.25, -0.2) is 26.9 Å². The second kappa shape index (κ2) is 14.5. The van der Waals surface area contributed by atoms with Crippen molar-refractivity contribution in [3.8, 4) is 29.0 Å². The minimum absolute atomic E-state index is 0.167. The largest absolute Gasteiger partial charge is 0.487 e. The minimum atomic E-state index is -5.35. The molecule has 0 spiro atoms. The summed E-state index contributed by atoms with van der Waals surface area (Å²) in [6.07, 6.45) is -5.69. The Morgan fingerprint density at radius 1 is 1.11 bits per heavy atom. The number of nitrogens with two attached hydrogens (primary N) is 2. The number of anilines is 3. The van der Waals surface area contributed by atoms with Gasteiger partial charge in [0.1, 0.15) is 63.7 Å². The van der Waals surface area contributed by atoms with Crippen LogP contribution in [0.1, 0.15) is 48.9 Å². The summed E-state index contributed by atoms with van der Waals surface area (Å²) in [6, 6.07) is 4.21. The molecule has 8 rings (SSSR count). The monoisotopic (exact) mass is 792 g/mol. The number of nitrogen functional groups attached to an aromatic ring is 2. The Kier molecular flexibility index (Phi) is 10.0. The van der Waals surface area contributed by atoms with Gasteiger partial charge in [-0.2, -0.15) is 28.4 Å². The van der Waals surface area contributed by atoms with Crippen LogP contribution in [0.4, 0.5) is 51.8 Å². The summed E-state index contributed by atoms with van der Waals surface area (Å²) < 4.78 is 130. The second-order valence-corrected chi connectivity index (χ2v) is 14.4. The van der Waals surface area contributed by atoms with Crippen LogP contribution in [-0.2, 0) is 6.18 Å². The molecule has 4 unspecified atom stereocenters. The van der Waals surface area contributed by atoms with Crippen LogP contribution in [0.5, 0.6) is 11.8 Å². The SMILES string of the molecule is COc1nc2c3c(c(C(F)(F)F)c(-c4ccc(F)c5sc(N)c(C#N)c45)c(F)c3n1)OC(C)CN2C(c1cccnc1N)C(F)F.FC1CC2CCCN2C1. The molecule has 0 amide bonds. The highest BCUT2D eigenvalue weighted by atomic mass is 32.1. The first-order chi connectivity index (χ1) is 26.1. The number of hydrogen-bond acceptors (Lipinski definition) is 11. The fourth-order valence-corrected chi connectivity index (χ4v) is 8.66. The van der Waals surface area contributed by atoms with Gasteiger partial charge in [0.15, 0.2) is 5.82 Å². The van der Waals surface area contributed by atoms with Crippen molar-refractivity contribution in [2.75, 3.05) is 43.1 Å². The second-order valence-electron chi connectivity index (χ2n) is 13.4. The average Bonchev–Trinajstić information content (AvgIpc) is 3.79. The average molecular weight is 793 g/mol. The summed E-state index contributed by atoms with van der Waals surface area (Å²) in [5.74, 6) is -4.26. The van der Waals surface area contributed by atoms with Gasteiger partial charge in [0.05, 0.1) is 29.3 Å². The first kappa shape index (κ1) is 38.1. The molecule has 0 bridgehead atoms. The number of hydrogen-bond donors (Lipinski definition) is 2. The van der Waals surface area contributed by atoms with Gasteiger partial charge < -0.3 is 25.8 Å². The molecule has 2 saturated heterocycles. The van der Waals surface area contributed by atoms with E-state index in [0.29, 0.717) is 23.9 Å². The topological polar surface area (TPSA) is 139 Å². The summed E-state index contributed by atoms with van der Waals surface area (Å²) in [6.45, 7) is 2.72. The van der Waals surface area contributed by atoms with Crippen molar-refractivity contribution >= 4 is 49.0 Å². The molecule has 3 aliphatic heterocycles. The van der Waals surface area contributed by atoms with Crippen LogP contribution < -0.4 is 25.8 Å². The Morgan fingerprint density at radius 3 is 2.53 bits per heavy atom. The molecule has 2 aromatic carbocycles. The fraction of sp³-hybridized carbons (Fsp3) is 0.389. The number of nitrogens with zero attached hydrogens (tertiary/aromatic N) is 6. The molecular weight excluding hydrogens is 761 g/mol. The number of ether oxygens (including phenoxy) is 2. The summed E-state index contributed by atoms with van der Waals surface area (Å²) in [7, 11) is 1.10. The lowest BCUT2D eigenvalue weighted by Crippen LogP contribution is -2.40. The maximum absolute atomic E-state index is 16.9. The number of thiophene rings is 1.